The Morgan fingerprint density at radius 2 is 1.33 bits per heavy atom. The van der Waals surface area contributed by atoms with E-state index in [0.29, 0.717) is 25.7 Å². The van der Waals surface area contributed by atoms with Gasteiger partial charge in [-0.05, 0) is 30.0 Å². The maximum Gasteiger partial charge on any atom is 0.306 e. The van der Waals surface area contributed by atoms with Crippen LogP contribution < -0.4 is 0 Å². The normalized spacial score (nSPS) is 17.8. The Bertz CT molecular complexity index is 402. The van der Waals surface area contributed by atoms with Crippen molar-refractivity contribution >= 4 is 11.9 Å². The van der Waals surface area contributed by atoms with E-state index >= 15 is 0 Å². The van der Waals surface area contributed by atoms with Crippen LogP contribution in [-0.2, 0) is 32.3 Å². The van der Waals surface area contributed by atoms with Crippen molar-refractivity contribution < 1.29 is 19.1 Å². The minimum Gasteiger partial charge on any atom is -0.461 e. The van der Waals surface area contributed by atoms with Crippen LogP contribution in [0.3, 0.4) is 0 Å². The Morgan fingerprint density at radius 1 is 0.833 bits per heavy atom. The fraction of sp³-hybridized carbons (Fsp3) is 0.429. The summed E-state index contributed by atoms with van der Waals surface area (Å²) in [6, 6.07) is 7.53. The lowest BCUT2D eigenvalue weighted by Crippen LogP contribution is -2.05. The van der Waals surface area contributed by atoms with E-state index in [4.69, 9.17) is 9.47 Å². The standard InChI is InChI=1S/C14H16O4/c15-13-6-1-2-7-14(16)18-10-12-5-3-4-11(8-12)9-17-13/h3-5,8H,1-2,6-7,9-10H2. The van der Waals surface area contributed by atoms with Gasteiger partial charge in [-0.1, -0.05) is 18.2 Å². The zero-order chi connectivity index (χ0) is 12.8. The first-order valence-electron chi connectivity index (χ1n) is 6.13. The van der Waals surface area contributed by atoms with E-state index in [9.17, 15) is 9.59 Å². The second-order valence-electron chi connectivity index (χ2n) is 4.35. The van der Waals surface area contributed by atoms with Crippen molar-refractivity contribution in [2.24, 2.45) is 0 Å². The largest absolute Gasteiger partial charge is 0.461 e. The van der Waals surface area contributed by atoms with Crippen molar-refractivity contribution in [2.75, 3.05) is 0 Å². The van der Waals surface area contributed by atoms with Gasteiger partial charge in [0.15, 0.2) is 0 Å². The van der Waals surface area contributed by atoms with E-state index in [1.165, 1.54) is 0 Å². The summed E-state index contributed by atoms with van der Waals surface area (Å²) in [7, 11) is 0. The molecule has 4 heteroatoms. The second-order valence-corrected chi connectivity index (χ2v) is 4.35. The number of fused-ring (bicyclic) bond motifs is 2. The number of hydrogen-bond donors (Lipinski definition) is 0. The van der Waals surface area contributed by atoms with Gasteiger partial charge in [-0.2, -0.15) is 0 Å². The fourth-order valence-corrected chi connectivity index (χ4v) is 1.82. The summed E-state index contributed by atoms with van der Waals surface area (Å²) in [5, 5.41) is 0. The first kappa shape index (κ1) is 12.6. The summed E-state index contributed by atoms with van der Waals surface area (Å²) in [4.78, 5) is 22.8. The highest BCUT2D eigenvalue weighted by Crippen LogP contribution is 2.11. The molecule has 2 rings (SSSR count). The summed E-state index contributed by atoms with van der Waals surface area (Å²) in [5.74, 6) is -0.430. The number of carbonyl (C=O) groups is 2. The monoisotopic (exact) mass is 248 g/mol. The minimum absolute atomic E-state index is 0.215. The molecule has 0 unspecified atom stereocenters. The molecule has 0 atom stereocenters. The van der Waals surface area contributed by atoms with Crippen LogP contribution in [0, 0.1) is 0 Å². The molecule has 4 nitrogen and oxygen atoms in total. The molecule has 0 N–H and O–H groups in total. The van der Waals surface area contributed by atoms with E-state index in [1.54, 1.807) is 0 Å². The Morgan fingerprint density at radius 3 is 1.83 bits per heavy atom. The molecule has 0 radical (unpaired) electrons. The Labute approximate surface area is 106 Å². The highest BCUT2D eigenvalue weighted by atomic mass is 16.5. The van der Waals surface area contributed by atoms with E-state index in [-0.39, 0.29) is 25.2 Å². The van der Waals surface area contributed by atoms with Crippen LogP contribution in [0.2, 0.25) is 0 Å². The molecule has 1 aromatic carbocycles. The molecule has 0 fully saturated rings. The lowest BCUT2D eigenvalue weighted by atomic mass is 10.1. The fourth-order valence-electron chi connectivity index (χ4n) is 1.82. The number of esters is 2. The van der Waals surface area contributed by atoms with Gasteiger partial charge in [0.1, 0.15) is 13.2 Å². The van der Waals surface area contributed by atoms with Crippen molar-refractivity contribution in [3.05, 3.63) is 35.4 Å². The highest BCUT2D eigenvalue weighted by Gasteiger charge is 2.09. The first-order chi connectivity index (χ1) is 8.74. The minimum atomic E-state index is -0.215. The van der Waals surface area contributed by atoms with Crippen molar-refractivity contribution in [3.8, 4) is 0 Å². The molecule has 1 heterocycles. The Balaban J connectivity index is 2.08. The number of hydrogen-bond acceptors (Lipinski definition) is 4. The van der Waals surface area contributed by atoms with E-state index in [2.05, 4.69) is 0 Å². The smallest absolute Gasteiger partial charge is 0.306 e. The number of rotatable bonds is 0. The SMILES string of the molecule is O=C1CCCCC(=O)OCc2cccc(c2)CO1. The summed E-state index contributed by atoms with van der Waals surface area (Å²) in [5.41, 5.74) is 1.83. The molecular weight excluding hydrogens is 232 g/mol. The molecule has 1 aliphatic heterocycles. The third-order valence-electron chi connectivity index (χ3n) is 2.80. The molecule has 0 aliphatic carbocycles. The Kier molecular flexibility index (Phi) is 4.34. The third kappa shape index (κ3) is 3.87. The van der Waals surface area contributed by atoms with Gasteiger partial charge < -0.3 is 9.47 Å². The second kappa shape index (κ2) is 6.19. The molecule has 0 amide bonds. The van der Waals surface area contributed by atoms with Gasteiger partial charge in [-0.15, -0.1) is 0 Å². The molecule has 0 saturated heterocycles. The van der Waals surface area contributed by atoms with Gasteiger partial charge in [0.05, 0.1) is 0 Å². The van der Waals surface area contributed by atoms with Crippen LogP contribution in [0.1, 0.15) is 36.8 Å². The zero-order valence-corrected chi connectivity index (χ0v) is 10.2. The molecule has 1 aliphatic rings. The van der Waals surface area contributed by atoms with Crippen LogP contribution in [0.15, 0.2) is 24.3 Å². The van der Waals surface area contributed by atoms with Crippen LogP contribution in [-0.4, -0.2) is 11.9 Å². The molecule has 96 valence electrons. The van der Waals surface area contributed by atoms with Crippen LogP contribution >= 0.6 is 0 Å². The maximum atomic E-state index is 11.4. The van der Waals surface area contributed by atoms with Crippen molar-refractivity contribution in [1.29, 1.82) is 0 Å². The molecule has 18 heavy (non-hydrogen) atoms. The van der Waals surface area contributed by atoms with Crippen molar-refractivity contribution in [3.63, 3.8) is 0 Å². The number of ether oxygens (including phenoxy) is 2. The van der Waals surface area contributed by atoms with Gasteiger partial charge in [-0.25, -0.2) is 0 Å². The van der Waals surface area contributed by atoms with Gasteiger partial charge in [0.25, 0.3) is 0 Å². The summed E-state index contributed by atoms with van der Waals surface area (Å²) < 4.78 is 10.3. The number of carbonyl (C=O) groups excluding carboxylic acids is 2. The molecule has 2 bridgehead atoms. The molecule has 0 aromatic heterocycles. The number of cyclic esters (lactones) is 2. The van der Waals surface area contributed by atoms with Gasteiger partial charge in [0, 0.05) is 12.8 Å². The molecule has 0 spiro atoms. The summed E-state index contributed by atoms with van der Waals surface area (Å²) in [6.45, 7) is 0.557. The van der Waals surface area contributed by atoms with Crippen LogP contribution in [0.5, 0.6) is 0 Å². The van der Waals surface area contributed by atoms with E-state index in [0.717, 1.165) is 11.1 Å². The van der Waals surface area contributed by atoms with E-state index in [1.807, 2.05) is 24.3 Å². The zero-order valence-electron chi connectivity index (χ0n) is 10.2. The molecule has 0 saturated carbocycles. The number of benzene rings is 1. The molecule has 1 aromatic rings. The quantitative estimate of drug-likeness (QED) is 0.661. The Hall–Kier alpha value is -1.84. The highest BCUT2D eigenvalue weighted by molar-refractivity contribution is 5.70. The van der Waals surface area contributed by atoms with Crippen molar-refractivity contribution in [2.45, 2.75) is 38.9 Å². The van der Waals surface area contributed by atoms with E-state index < -0.39 is 0 Å². The predicted molar refractivity (Wildman–Crippen MR) is 64.5 cm³/mol. The van der Waals surface area contributed by atoms with Gasteiger partial charge in [-0.3, -0.25) is 9.59 Å². The lowest BCUT2D eigenvalue weighted by molar-refractivity contribution is -0.147. The average molecular weight is 248 g/mol. The average Bonchev–Trinajstić information content (AvgIpc) is 2.39. The maximum absolute atomic E-state index is 11.4. The van der Waals surface area contributed by atoms with Crippen molar-refractivity contribution in [1.82, 2.24) is 0 Å². The van der Waals surface area contributed by atoms with Gasteiger partial charge in [0.2, 0.25) is 0 Å². The predicted octanol–water partition coefficient (Wildman–Crippen LogP) is 2.35. The summed E-state index contributed by atoms with van der Waals surface area (Å²) >= 11 is 0. The lowest BCUT2D eigenvalue weighted by Gasteiger charge is -2.06. The third-order valence-corrected chi connectivity index (χ3v) is 2.80. The van der Waals surface area contributed by atoms with Crippen LogP contribution in [0.25, 0.3) is 0 Å². The van der Waals surface area contributed by atoms with Crippen LogP contribution in [0.4, 0.5) is 0 Å². The molecular formula is C14H16O4. The summed E-state index contributed by atoms with van der Waals surface area (Å²) in [6.07, 6.45) is 2.02. The first-order valence-corrected chi connectivity index (χ1v) is 6.13. The topological polar surface area (TPSA) is 52.6 Å². The van der Waals surface area contributed by atoms with Gasteiger partial charge >= 0.3 is 11.9 Å².